The van der Waals surface area contributed by atoms with E-state index in [0.29, 0.717) is 5.69 Å². The molecule has 0 bridgehead atoms. The molecule has 0 unspecified atom stereocenters. The standard InChI is InChI=1S/C20H22F3N3O2/c1-13-4-8-16(9-5-13)24-18(27)12-26(3)14(2)19(28)25-17-10-6-15(7-11-17)20(21,22)23/h4-11,14H,12H2,1-3H3,(H,24,27)(H,25,28)/t14-/m1/s1. The summed E-state index contributed by atoms with van der Waals surface area (Å²) in [6.07, 6.45) is -4.43. The number of hydrogen-bond acceptors (Lipinski definition) is 3. The fourth-order valence-corrected chi connectivity index (χ4v) is 2.39. The van der Waals surface area contributed by atoms with Crippen molar-refractivity contribution in [3.63, 3.8) is 0 Å². The van der Waals surface area contributed by atoms with Crippen LogP contribution in [0.25, 0.3) is 0 Å². The molecule has 0 fully saturated rings. The molecule has 0 spiro atoms. The summed E-state index contributed by atoms with van der Waals surface area (Å²) in [6, 6.07) is 10.8. The highest BCUT2D eigenvalue weighted by molar-refractivity contribution is 5.96. The molecule has 150 valence electrons. The Morgan fingerprint density at radius 1 is 0.964 bits per heavy atom. The monoisotopic (exact) mass is 393 g/mol. The van der Waals surface area contributed by atoms with Crippen LogP contribution < -0.4 is 10.6 Å². The number of hydrogen-bond donors (Lipinski definition) is 2. The first-order valence-electron chi connectivity index (χ1n) is 8.61. The number of rotatable bonds is 6. The second-order valence-corrected chi connectivity index (χ2v) is 6.57. The van der Waals surface area contributed by atoms with Gasteiger partial charge in [-0.15, -0.1) is 0 Å². The Kier molecular flexibility index (Phi) is 6.80. The van der Waals surface area contributed by atoms with E-state index in [9.17, 15) is 22.8 Å². The van der Waals surface area contributed by atoms with Gasteiger partial charge in [0.2, 0.25) is 11.8 Å². The Bertz CT molecular complexity index is 818. The quantitative estimate of drug-likeness (QED) is 0.782. The van der Waals surface area contributed by atoms with Gasteiger partial charge in [0.1, 0.15) is 0 Å². The smallest absolute Gasteiger partial charge is 0.325 e. The minimum absolute atomic E-state index is 0.0184. The van der Waals surface area contributed by atoms with Gasteiger partial charge >= 0.3 is 6.18 Å². The van der Waals surface area contributed by atoms with Crippen molar-refractivity contribution in [3.8, 4) is 0 Å². The third-order valence-corrected chi connectivity index (χ3v) is 4.25. The minimum Gasteiger partial charge on any atom is -0.325 e. The number of likely N-dealkylation sites (N-methyl/N-ethyl adjacent to an activating group) is 1. The molecule has 0 aliphatic heterocycles. The summed E-state index contributed by atoms with van der Waals surface area (Å²) >= 11 is 0. The Morgan fingerprint density at radius 3 is 2.00 bits per heavy atom. The molecule has 0 aromatic heterocycles. The van der Waals surface area contributed by atoms with Crippen LogP contribution in [-0.4, -0.2) is 36.3 Å². The van der Waals surface area contributed by atoms with E-state index in [2.05, 4.69) is 10.6 Å². The molecule has 2 amide bonds. The molecule has 2 aromatic rings. The van der Waals surface area contributed by atoms with Gasteiger partial charge in [0.15, 0.2) is 0 Å². The number of alkyl halides is 3. The molecular formula is C20H22F3N3O2. The minimum atomic E-state index is -4.43. The molecule has 0 aliphatic carbocycles. The SMILES string of the molecule is Cc1ccc(NC(=O)CN(C)[C@H](C)C(=O)Nc2ccc(C(F)(F)F)cc2)cc1. The molecule has 0 radical (unpaired) electrons. The lowest BCUT2D eigenvalue weighted by Gasteiger charge is -2.23. The summed E-state index contributed by atoms with van der Waals surface area (Å²) in [4.78, 5) is 26.0. The van der Waals surface area contributed by atoms with Gasteiger partial charge in [-0.3, -0.25) is 14.5 Å². The fourth-order valence-electron chi connectivity index (χ4n) is 2.39. The second kappa shape index (κ2) is 8.88. The summed E-state index contributed by atoms with van der Waals surface area (Å²) in [6.45, 7) is 3.53. The lowest BCUT2D eigenvalue weighted by atomic mass is 10.2. The Morgan fingerprint density at radius 2 is 1.46 bits per heavy atom. The number of anilines is 2. The Hall–Kier alpha value is -2.87. The van der Waals surface area contributed by atoms with Gasteiger partial charge in [0, 0.05) is 11.4 Å². The van der Waals surface area contributed by atoms with Crippen molar-refractivity contribution < 1.29 is 22.8 Å². The van der Waals surface area contributed by atoms with Crippen molar-refractivity contribution in [1.29, 1.82) is 0 Å². The fraction of sp³-hybridized carbons (Fsp3) is 0.300. The van der Waals surface area contributed by atoms with Crippen LogP contribution in [0.3, 0.4) is 0 Å². The molecule has 0 saturated carbocycles. The number of aryl methyl sites for hydroxylation is 1. The van der Waals surface area contributed by atoms with Crippen molar-refractivity contribution in [1.82, 2.24) is 4.90 Å². The van der Waals surface area contributed by atoms with E-state index in [1.54, 1.807) is 31.0 Å². The number of carbonyl (C=O) groups is 2. The molecule has 2 aromatic carbocycles. The number of amides is 2. The third kappa shape index (κ3) is 6.09. The van der Waals surface area contributed by atoms with E-state index < -0.39 is 23.7 Å². The van der Waals surface area contributed by atoms with Gasteiger partial charge in [-0.25, -0.2) is 0 Å². The second-order valence-electron chi connectivity index (χ2n) is 6.57. The zero-order valence-corrected chi connectivity index (χ0v) is 15.8. The van der Waals surface area contributed by atoms with Crippen LogP contribution in [0.4, 0.5) is 24.5 Å². The largest absolute Gasteiger partial charge is 0.416 e. The number of halogens is 3. The lowest BCUT2D eigenvalue weighted by Crippen LogP contribution is -2.43. The van der Waals surface area contributed by atoms with Crippen LogP contribution in [0, 0.1) is 6.92 Å². The highest BCUT2D eigenvalue weighted by Crippen LogP contribution is 2.29. The van der Waals surface area contributed by atoms with Crippen LogP contribution >= 0.6 is 0 Å². The van der Waals surface area contributed by atoms with E-state index >= 15 is 0 Å². The average Bonchev–Trinajstić information content (AvgIpc) is 2.62. The van der Waals surface area contributed by atoms with E-state index in [1.165, 1.54) is 12.1 Å². The maximum atomic E-state index is 12.6. The van der Waals surface area contributed by atoms with Crippen LogP contribution in [0.5, 0.6) is 0 Å². The van der Waals surface area contributed by atoms with Gasteiger partial charge in [0.05, 0.1) is 18.2 Å². The lowest BCUT2D eigenvalue weighted by molar-refractivity contribution is -0.137. The van der Waals surface area contributed by atoms with Crippen molar-refractivity contribution >= 4 is 23.2 Å². The topological polar surface area (TPSA) is 61.4 Å². The molecule has 8 heteroatoms. The maximum Gasteiger partial charge on any atom is 0.416 e. The van der Waals surface area contributed by atoms with Gasteiger partial charge in [-0.05, 0) is 57.3 Å². The van der Waals surface area contributed by atoms with Gasteiger partial charge in [-0.2, -0.15) is 13.2 Å². The third-order valence-electron chi connectivity index (χ3n) is 4.25. The summed E-state index contributed by atoms with van der Waals surface area (Å²) in [7, 11) is 1.62. The summed E-state index contributed by atoms with van der Waals surface area (Å²) in [5.74, 6) is -0.703. The first kappa shape index (κ1) is 21.4. The van der Waals surface area contributed by atoms with Crippen molar-refractivity contribution in [2.75, 3.05) is 24.2 Å². The number of carbonyl (C=O) groups excluding carboxylic acids is 2. The molecule has 0 heterocycles. The summed E-state index contributed by atoms with van der Waals surface area (Å²) in [5.41, 5.74) is 1.19. The number of nitrogens with zero attached hydrogens (tertiary/aromatic N) is 1. The van der Waals surface area contributed by atoms with Crippen LogP contribution in [0.2, 0.25) is 0 Å². The highest BCUT2D eigenvalue weighted by atomic mass is 19.4. The first-order valence-corrected chi connectivity index (χ1v) is 8.61. The molecule has 5 nitrogen and oxygen atoms in total. The first-order chi connectivity index (χ1) is 13.1. The summed E-state index contributed by atoms with van der Waals surface area (Å²) < 4.78 is 37.7. The van der Waals surface area contributed by atoms with Crippen LogP contribution in [0.15, 0.2) is 48.5 Å². The zero-order chi connectivity index (χ0) is 20.9. The molecule has 0 saturated heterocycles. The van der Waals surface area contributed by atoms with Crippen molar-refractivity contribution in [2.45, 2.75) is 26.1 Å². The molecule has 2 rings (SSSR count). The van der Waals surface area contributed by atoms with Gasteiger partial charge in [0.25, 0.3) is 0 Å². The van der Waals surface area contributed by atoms with Gasteiger partial charge in [-0.1, -0.05) is 17.7 Å². The van der Waals surface area contributed by atoms with E-state index in [4.69, 9.17) is 0 Å². The molecule has 1 atom stereocenters. The Labute approximate surface area is 161 Å². The maximum absolute atomic E-state index is 12.6. The van der Waals surface area contributed by atoms with Crippen molar-refractivity contribution in [3.05, 3.63) is 59.7 Å². The van der Waals surface area contributed by atoms with Crippen LogP contribution in [-0.2, 0) is 15.8 Å². The van der Waals surface area contributed by atoms with E-state index in [0.717, 1.165) is 17.7 Å². The highest BCUT2D eigenvalue weighted by Gasteiger charge is 2.30. The molecule has 0 aliphatic rings. The molecule has 2 N–H and O–H groups in total. The molecular weight excluding hydrogens is 371 g/mol. The van der Waals surface area contributed by atoms with Crippen molar-refractivity contribution in [2.24, 2.45) is 0 Å². The van der Waals surface area contributed by atoms with Gasteiger partial charge < -0.3 is 10.6 Å². The normalized spacial score (nSPS) is 12.5. The van der Waals surface area contributed by atoms with Crippen LogP contribution in [0.1, 0.15) is 18.1 Å². The number of benzene rings is 2. The summed E-state index contributed by atoms with van der Waals surface area (Å²) in [5, 5.41) is 5.30. The van der Waals surface area contributed by atoms with E-state index in [1.807, 2.05) is 19.1 Å². The van der Waals surface area contributed by atoms with E-state index in [-0.39, 0.29) is 18.1 Å². The Balaban J connectivity index is 1.89. The number of nitrogens with one attached hydrogen (secondary N) is 2. The zero-order valence-electron chi connectivity index (χ0n) is 15.8. The molecule has 28 heavy (non-hydrogen) atoms. The predicted octanol–water partition coefficient (Wildman–Crippen LogP) is 3.91. The predicted molar refractivity (Wildman–Crippen MR) is 102 cm³/mol. The average molecular weight is 393 g/mol.